The Hall–Kier alpha value is -1.34. The van der Waals surface area contributed by atoms with Crippen LogP contribution in [0.4, 0.5) is 0 Å². The molecule has 0 aliphatic heterocycles. The Balaban J connectivity index is 2.12. The molecule has 0 spiro atoms. The number of hydrogen-bond donors (Lipinski definition) is 2. The molecule has 0 aliphatic rings. The summed E-state index contributed by atoms with van der Waals surface area (Å²) in [5.74, 6) is 0. The summed E-state index contributed by atoms with van der Waals surface area (Å²) in [7, 11) is 0. The first-order chi connectivity index (χ1) is 7.64. The molecule has 16 heavy (non-hydrogen) atoms. The fraction of sp³-hybridized carbons (Fsp3) is 0.667. The van der Waals surface area contributed by atoms with Crippen molar-refractivity contribution in [2.75, 3.05) is 13.1 Å². The summed E-state index contributed by atoms with van der Waals surface area (Å²) in [6, 6.07) is 2.20. The zero-order chi connectivity index (χ0) is 11.9. The van der Waals surface area contributed by atoms with Crippen LogP contribution in [0.1, 0.15) is 32.4 Å². The van der Waals surface area contributed by atoms with E-state index in [0.29, 0.717) is 6.42 Å². The van der Waals surface area contributed by atoms with Gasteiger partial charge in [-0.2, -0.15) is 5.26 Å². The van der Waals surface area contributed by atoms with Crippen molar-refractivity contribution in [3.8, 4) is 6.07 Å². The van der Waals surface area contributed by atoms with Crippen molar-refractivity contribution in [2.45, 2.75) is 33.1 Å². The molecule has 1 aromatic rings. The van der Waals surface area contributed by atoms with E-state index in [1.165, 1.54) is 0 Å². The minimum atomic E-state index is 0.198. The molecule has 0 saturated carbocycles. The van der Waals surface area contributed by atoms with Gasteiger partial charge in [0.25, 0.3) is 0 Å². The molecule has 0 bridgehead atoms. The van der Waals surface area contributed by atoms with Crippen molar-refractivity contribution >= 4 is 0 Å². The Kier molecular flexibility index (Phi) is 5.00. The first kappa shape index (κ1) is 12.7. The topological polar surface area (TPSA) is 64.5 Å². The van der Waals surface area contributed by atoms with Gasteiger partial charge in [0.2, 0.25) is 0 Å². The maximum absolute atomic E-state index is 8.54. The molecule has 0 aliphatic carbocycles. The third kappa shape index (κ3) is 4.94. The van der Waals surface area contributed by atoms with Gasteiger partial charge in [-0.1, -0.05) is 13.8 Å². The molecule has 0 aromatic carbocycles. The molecule has 0 saturated heterocycles. The maximum Gasteiger partial charge on any atom is 0.0921 e. The lowest BCUT2D eigenvalue weighted by atomic mass is 9.88. The lowest BCUT2D eigenvalue weighted by Gasteiger charge is -2.23. The second-order valence-electron chi connectivity index (χ2n) is 4.83. The first-order valence-electron chi connectivity index (χ1n) is 5.69. The van der Waals surface area contributed by atoms with E-state index in [-0.39, 0.29) is 5.41 Å². The maximum atomic E-state index is 8.54. The van der Waals surface area contributed by atoms with Gasteiger partial charge in [-0.05, 0) is 11.8 Å². The molecule has 0 amide bonds. The average molecular weight is 220 g/mol. The highest BCUT2D eigenvalue weighted by Crippen LogP contribution is 2.20. The Labute approximate surface area is 97.1 Å². The first-order valence-corrected chi connectivity index (χ1v) is 5.69. The van der Waals surface area contributed by atoms with Crippen LogP contribution in [0.2, 0.25) is 0 Å². The lowest BCUT2D eigenvalue weighted by molar-refractivity contribution is 0.319. The van der Waals surface area contributed by atoms with Crippen molar-refractivity contribution in [1.82, 2.24) is 15.3 Å². The predicted molar refractivity (Wildman–Crippen MR) is 63.8 cm³/mol. The van der Waals surface area contributed by atoms with Gasteiger partial charge in [0.1, 0.15) is 0 Å². The van der Waals surface area contributed by atoms with Crippen molar-refractivity contribution in [1.29, 1.82) is 5.26 Å². The van der Waals surface area contributed by atoms with E-state index in [1.54, 1.807) is 6.33 Å². The molecule has 4 heteroatoms. The SMILES string of the molecule is CC(C)(CCC#N)CNCCc1cnc[nH]1. The highest BCUT2D eigenvalue weighted by molar-refractivity contribution is 4.94. The number of rotatable bonds is 7. The van der Waals surface area contributed by atoms with Gasteiger partial charge in [0.15, 0.2) is 0 Å². The van der Waals surface area contributed by atoms with E-state index in [1.807, 2.05) is 6.20 Å². The summed E-state index contributed by atoms with van der Waals surface area (Å²) in [4.78, 5) is 7.05. The summed E-state index contributed by atoms with van der Waals surface area (Å²) < 4.78 is 0. The number of hydrogen-bond acceptors (Lipinski definition) is 3. The van der Waals surface area contributed by atoms with Crippen LogP contribution in [-0.4, -0.2) is 23.1 Å². The molecule has 1 heterocycles. The van der Waals surface area contributed by atoms with E-state index in [2.05, 4.69) is 35.2 Å². The van der Waals surface area contributed by atoms with Crippen molar-refractivity contribution in [3.63, 3.8) is 0 Å². The minimum Gasteiger partial charge on any atom is -0.348 e. The van der Waals surface area contributed by atoms with Crippen molar-refractivity contribution in [2.24, 2.45) is 5.41 Å². The zero-order valence-corrected chi connectivity index (χ0v) is 10.1. The summed E-state index contributed by atoms with van der Waals surface area (Å²) in [6.45, 7) is 6.27. The van der Waals surface area contributed by atoms with Crippen LogP contribution in [-0.2, 0) is 6.42 Å². The molecule has 88 valence electrons. The molecule has 0 radical (unpaired) electrons. The van der Waals surface area contributed by atoms with Crippen LogP contribution < -0.4 is 5.32 Å². The monoisotopic (exact) mass is 220 g/mol. The van der Waals surface area contributed by atoms with Crippen LogP contribution in [0.25, 0.3) is 0 Å². The molecular weight excluding hydrogens is 200 g/mol. The van der Waals surface area contributed by atoms with Crippen LogP contribution in [0.3, 0.4) is 0 Å². The van der Waals surface area contributed by atoms with Crippen molar-refractivity contribution < 1.29 is 0 Å². The summed E-state index contributed by atoms with van der Waals surface area (Å²) in [6.07, 6.45) is 6.10. The van der Waals surface area contributed by atoms with Crippen LogP contribution in [0.15, 0.2) is 12.5 Å². The fourth-order valence-electron chi connectivity index (χ4n) is 1.55. The Bertz CT molecular complexity index is 321. The largest absolute Gasteiger partial charge is 0.348 e. The number of nitriles is 1. The number of H-pyrrole nitrogens is 1. The van der Waals surface area contributed by atoms with Crippen LogP contribution in [0.5, 0.6) is 0 Å². The summed E-state index contributed by atoms with van der Waals surface area (Å²) in [5.41, 5.74) is 1.35. The van der Waals surface area contributed by atoms with E-state index in [4.69, 9.17) is 5.26 Å². The molecule has 1 aromatic heterocycles. The van der Waals surface area contributed by atoms with Gasteiger partial charge in [-0.3, -0.25) is 0 Å². The molecule has 1 rings (SSSR count). The second kappa shape index (κ2) is 6.29. The Morgan fingerprint density at radius 2 is 2.38 bits per heavy atom. The molecule has 4 nitrogen and oxygen atoms in total. The highest BCUT2D eigenvalue weighted by Gasteiger charge is 2.16. The molecule has 0 unspecified atom stereocenters. The predicted octanol–water partition coefficient (Wildman–Crippen LogP) is 1.87. The quantitative estimate of drug-likeness (QED) is 0.689. The number of nitrogens with one attached hydrogen (secondary N) is 2. The molecule has 0 fully saturated rings. The van der Waals surface area contributed by atoms with E-state index in [9.17, 15) is 0 Å². The van der Waals surface area contributed by atoms with E-state index in [0.717, 1.165) is 31.6 Å². The highest BCUT2D eigenvalue weighted by atomic mass is 14.9. The van der Waals surface area contributed by atoms with E-state index < -0.39 is 0 Å². The summed E-state index contributed by atoms with van der Waals surface area (Å²) >= 11 is 0. The molecule has 2 N–H and O–H groups in total. The lowest BCUT2D eigenvalue weighted by Crippen LogP contribution is -2.30. The van der Waals surface area contributed by atoms with Gasteiger partial charge in [0, 0.05) is 37.8 Å². The fourth-order valence-corrected chi connectivity index (χ4v) is 1.55. The third-order valence-corrected chi connectivity index (χ3v) is 2.64. The smallest absolute Gasteiger partial charge is 0.0921 e. The average Bonchev–Trinajstić information content (AvgIpc) is 2.75. The third-order valence-electron chi connectivity index (χ3n) is 2.64. The van der Waals surface area contributed by atoms with Gasteiger partial charge in [0.05, 0.1) is 12.4 Å². The number of imidazole rings is 1. The number of nitrogens with zero attached hydrogens (tertiary/aromatic N) is 2. The second-order valence-corrected chi connectivity index (χ2v) is 4.83. The number of aromatic nitrogens is 2. The zero-order valence-electron chi connectivity index (χ0n) is 10.1. The summed E-state index contributed by atoms with van der Waals surface area (Å²) in [5, 5.41) is 12.0. The Morgan fingerprint density at radius 3 is 3.00 bits per heavy atom. The van der Waals surface area contributed by atoms with E-state index >= 15 is 0 Å². The molecular formula is C12H20N4. The standard InChI is InChI=1S/C12H20N4/c1-12(2,5-3-6-13)9-14-7-4-11-8-15-10-16-11/h8,10,14H,3-5,7,9H2,1-2H3,(H,15,16). The minimum absolute atomic E-state index is 0.198. The van der Waals surface area contributed by atoms with Gasteiger partial charge in [-0.15, -0.1) is 0 Å². The normalized spacial score (nSPS) is 11.3. The van der Waals surface area contributed by atoms with Gasteiger partial charge in [-0.25, -0.2) is 4.98 Å². The molecule has 0 atom stereocenters. The number of aromatic amines is 1. The van der Waals surface area contributed by atoms with Crippen molar-refractivity contribution in [3.05, 3.63) is 18.2 Å². The Morgan fingerprint density at radius 1 is 1.56 bits per heavy atom. The van der Waals surface area contributed by atoms with Gasteiger partial charge >= 0.3 is 0 Å². The van der Waals surface area contributed by atoms with Crippen LogP contribution >= 0.6 is 0 Å². The van der Waals surface area contributed by atoms with Crippen LogP contribution in [0, 0.1) is 16.7 Å². The van der Waals surface area contributed by atoms with Gasteiger partial charge < -0.3 is 10.3 Å².